The zero-order valence-electron chi connectivity index (χ0n) is 12.0. The van der Waals surface area contributed by atoms with E-state index in [-0.39, 0.29) is 5.69 Å². The number of hydrogen-bond donors (Lipinski definition) is 1. The first-order valence-corrected chi connectivity index (χ1v) is 7.41. The minimum Gasteiger partial charge on any atom is -0.423 e. The largest absolute Gasteiger partial charge is 0.423 e. The fourth-order valence-electron chi connectivity index (χ4n) is 3.13. The zero-order chi connectivity index (χ0) is 14.8. The van der Waals surface area contributed by atoms with Gasteiger partial charge in [0, 0.05) is 12.6 Å². The Kier molecular flexibility index (Phi) is 3.77. The summed E-state index contributed by atoms with van der Waals surface area (Å²) in [6, 6.07) is 5.12. The molecule has 1 fully saturated rings. The standard InChI is InChI=1S/C15H19N3O3/c1-10-4-2-5-11(8-10)9-16-15-17-14-12(18(19)20)6-3-7-13(14)21-15/h3,6-7,10-11H,2,4-5,8-9H2,1H3,(H,16,17). The number of aromatic nitrogens is 1. The maximum Gasteiger partial charge on any atom is 0.298 e. The molecule has 1 aliphatic carbocycles. The molecule has 2 atom stereocenters. The minimum absolute atomic E-state index is 0.0180. The van der Waals surface area contributed by atoms with Gasteiger partial charge in [0.1, 0.15) is 0 Å². The summed E-state index contributed by atoms with van der Waals surface area (Å²) in [5, 5.41) is 14.2. The molecule has 1 aromatic heterocycles. The average Bonchev–Trinajstić information content (AvgIpc) is 2.87. The number of nitrogens with one attached hydrogen (secondary N) is 1. The van der Waals surface area contributed by atoms with Crippen LogP contribution in [0.5, 0.6) is 0 Å². The Morgan fingerprint density at radius 2 is 2.33 bits per heavy atom. The van der Waals surface area contributed by atoms with E-state index in [0.29, 0.717) is 23.0 Å². The third-order valence-electron chi connectivity index (χ3n) is 4.18. The third-order valence-corrected chi connectivity index (χ3v) is 4.18. The van der Waals surface area contributed by atoms with Gasteiger partial charge in [-0.3, -0.25) is 10.1 Å². The maximum absolute atomic E-state index is 11.0. The number of hydrogen-bond acceptors (Lipinski definition) is 5. The van der Waals surface area contributed by atoms with E-state index in [2.05, 4.69) is 17.2 Å². The number of nitro groups is 1. The van der Waals surface area contributed by atoms with Gasteiger partial charge >= 0.3 is 0 Å². The molecular formula is C15H19N3O3. The lowest BCUT2D eigenvalue weighted by atomic mass is 9.82. The number of benzene rings is 1. The second-order valence-corrected chi connectivity index (χ2v) is 5.92. The van der Waals surface area contributed by atoms with Crippen LogP contribution in [0.15, 0.2) is 22.6 Å². The van der Waals surface area contributed by atoms with Crippen molar-refractivity contribution < 1.29 is 9.34 Å². The van der Waals surface area contributed by atoms with Crippen molar-refractivity contribution in [3.05, 3.63) is 28.3 Å². The van der Waals surface area contributed by atoms with Gasteiger partial charge in [-0.2, -0.15) is 4.98 Å². The molecule has 112 valence electrons. The lowest BCUT2D eigenvalue weighted by molar-refractivity contribution is -0.383. The van der Waals surface area contributed by atoms with Gasteiger partial charge in [-0.1, -0.05) is 25.8 Å². The summed E-state index contributed by atoms with van der Waals surface area (Å²) in [6.07, 6.45) is 5.02. The fraction of sp³-hybridized carbons (Fsp3) is 0.533. The lowest BCUT2D eigenvalue weighted by Crippen LogP contribution is -2.21. The van der Waals surface area contributed by atoms with Gasteiger partial charge < -0.3 is 9.73 Å². The van der Waals surface area contributed by atoms with Crippen molar-refractivity contribution in [2.75, 3.05) is 11.9 Å². The molecule has 1 saturated carbocycles. The van der Waals surface area contributed by atoms with Crippen LogP contribution in [0.1, 0.15) is 32.6 Å². The van der Waals surface area contributed by atoms with Gasteiger partial charge in [0.2, 0.25) is 0 Å². The molecule has 1 aromatic carbocycles. The molecule has 0 amide bonds. The summed E-state index contributed by atoms with van der Waals surface area (Å²) in [4.78, 5) is 14.8. The van der Waals surface area contributed by atoms with Crippen LogP contribution >= 0.6 is 0 Å². The maximum atomic E-state index is 11.0. The normalized spacial score (nSPS) is 22.3. The Balaban J connectivity index is 1.73. The molecule has 3 rings (SSSR count). The fourth-order valence-corrected chi connectivity index (χ4v) is 3.13. The molecule has 1 aliphatic rings. The van der Waals surface area contributed by atoms with Crippen molar-refractivity contribution in [1.29, 1.82) is 0 Å². The topological polar surface area (TPSA) is 81.2 Å². The predicted molar refractivity (Wildman–Crippen MR) is 80.3 cm³/mol. The minimum atomic E-state index is -0.433. The molecule has 2 aromatic rings. The van der Waals surface area contributed by atoms with Crippen LogP contribution < -0.4 is 5.32 Å². The summed E-state index contributed by atoms with van der Waals surface area (Å²) >= 11 is 0. The summed E-state index contributed by atoms with van der Waals surface area (Å²) < 4.78 is 5.55. The van der Waals surface area contributed by atoms with Crippen molar-refractivity contribution in [2.24, 2.45) is 11.8 Å². The quantitative estimate of drug-likeness (QED) is 0.680. The van der Waals surface area contributed by atoms with Gasteiger partial charge in [-0.25, -0.2) is 0 Å². The van der Waals surface area contributed by atoms with Crippen molar-refractivity contribution in [1.82, 2.24) is 4.98 Å². The van der Waals surface area contributed by atoms with Gasteiger partial charge in [0.15, 0.2) is 11.1 Å². The van der Waals surface area contributed by atoms with Crippen LogP contribution in [0, 0.1) is 22.0 Å². The molecule has 0 bridgehead atoms. The molecule has 6 heteroatoms. The Labute approximate surface area is 122 Å². The molecule has 21 heavy (non-hydrogen) atoms. The number of nitrogens with zero attached hydrogens (tertiary/aromatic N) is 2. The number of anilines is 1. The van der Waals surface area contributed by atoms with Gasteiger partial charge in [-0.15, -0.1) is 0 Å². The highest BCUT2D eigenvalue weighted by Gasteiger charge is 2.20. The van der Waals surface area contributed by atoms with E-state index in [1.165, 1.54) is 31.7 Å². The van der Waals surface area contributed by atoms with Crippen molar-refractivity contribution in [3.8, 4) is 0 Å². The highest BCUT2D eigenvalue weighted by molar-refractivity contribution is 5.83. The molecular weight excluding hydrogens is 270 g/mol. The molecule has 0 spiro atoms. The van der Waals surface area contributed by atoms with E-state index in [1.807, 2.05) is 0 Å². The van der Waals surface area contributed by atoms with Crippen molar-refractivity contribution in [3.63, 3.8) is 0 Å². The smallest absolute Gasteiger partial charge is 0.298 e. The molecule has 0 radical (unpaired) electrons. The Morgan fingerprint density at radius 1 is 1.48 bits per heavy atom. The number of oxazole rings is 1. The van der Waals surface area contributed by atoms with E-state index < -0.39 is 4.92 Å². The van der Waals surface area contributed by atoms with E-state index in [0.717, 1.165) is 12.5 Å². The monoisotopic (exact) mass is 289 g/mol. The van der Waals surface area contributed by atoms with E-state index in [9.17, 15) is 10.1 Å². The first kappa shape index (κ1) is 13.9. The Morgan fingerprint density at radius 3 is 3.10 bits per heavy atom. The molecule has 2 unspecified atom stereocenters. The SMILES string of the molecule is CC1CCCC(CNc2nc3c([N+](=O)[O-])cccc3o2)C1. The van der Waals surface area contributed by atoms with Crippen LogP contribution in [-0.2, 0) is 0 Å². The van der Waals surface area contributed by atoms with E-state index in [4.69, 9.17) is 4.42 Å². The van der Waals surface area contributed by atoms with Gasteiger partial charge in [0.25, 0.3) is 11.7 Å². The summed E-state index contributed by atoms with van der Waals surface area (Å²) in [5.41, 5.74) is 0.737. The second kappa shape index (κ2) is 5.71. The summed E-state index contributed by atoms with van der Waals surface area (Å²) in [5.74, 6) is 1.40. The molecule has 1 heterocycles. The van der Waals surface area contributed by atoms with E-state index in [1.54, 1.807) is 12.1 Å². The number of rotatable bonds is 4. The van der Waals surface area contributed by atoms with Crippen LogP contribution in [0.4, 0.5) is 11.7 Å². The van der Waals surface area contributed by atoms with Gasteiger partial charge in [-0.05, 0) is 30.7 Å². The van der Waals surface area contributed by atoms with Crippen molar-refractivity contribution in [2.45, 2.75) is 32.6 Å². The Hall–Kier alpha value is -2.11. The van der Waals surface area contributed by atoms with Gasteiger partial charge in [0.05, 0.1) is 4.92 Å². The van der Waals surface area contributed by atoms with E-state index >= 15 is 0 Å². The first-order chi connectivity index (χ1) is 10.1. The van der Waals surface area contributed by atoms with Crippen molar-refractivity contribution >= 4 is 22.8 Å². The summed E-state index contributed by atoms with van der Waals surface area (Å²) in [7, 11) is 0. The second-order valence-electron chi connectivity index (χ2n) is 5.92. The highest BCUT2D eigenvalue weighted by atomic mass is 16.6. The zero-order valence-corrected chi connectivity index (χ0v) is 12.0. The predicted octanol–water partition coefficient (Wildman–Crippen LogP) is 3.97. The average molecular weight is 289 g/mol. The number of non-ortho nitro benzene ring substituents is 1. The molecule has 6 nitrogen and oxygen atoms in total. The number of fused-ring (bicyclic) bond motifs is 1. The highest BCUT2D eigenvalue weighted by Crippen LogP contribution is 2.30. The first-order valence-electron chi connectivity index (χ1n) is 7.41. The third kappa shape index (κ3) is 2.99. The Bertz CT molecular complexity index is 653. The van der Waals surface area contributed by atoms with Crippen LogP contribution in [0.3, 0.4) is 0 Å². The van der Waals surface area contributed by atoms with Crippen LogP contribution in [0.25, 0.3) is 11.1 Å². The molecule has 1 N–H and O–H groups in total. The number of nitro benzene ring substituents is 1. The summed E-state index contributed by atoms with van der Waals surface area (Å²) in [6.45, 7) is 3.10. The molecule has 0 aliphatic heterocycles. The van der Waals surface area contributed by atoms with Crippen LogP contribution in [-0.4, -0.2) is 16.5 Å². The molecule has 0 saturated heterocycles. The lowest BCUT2D eigenvalue weighted by Gasteiger charge is -2.26. The van der Waals surface area contributed by atoms with Crippen LogP contribution in [0.2, 0.25) is 0 Å². The number of para-hydroxylation sites is 1.